The van der Waals surface area contributed by atoms with Crippen LogP contribution in [0.5, 0.6) is 0 Å². The first-order chi connectivity index (χ1) is 4.46. The Morgan fingerprint density at radius 1 is 1.00 bits per heavy atom. The van der Waals surface area contributed by atoms with E-state index in [1.165, 1.54) is 0 Å². The Kier molecular flexibility index (Phi) is 6.49. The molecule has 7 heteroatoms. The first-order valence-corrected chi connectivity index (χ1v) is 3.32. The molecule has 0 aliphatic carbocycles. The summed E-state index contributed by atoms with van der Waals surface area (Å²) < 4.78 is 0. The van der Waals surface area contributed by atoms with Crippen LogP contribution in [-0.2, 0) is 9.59 Å². The van der Waals surface area contributed by atoms with Crippen molar-refractivity contribution >= 4 is 45.6 Å². The van der Waals surface area contributed by atoms with Crippen molar-refractivity contribution in [3.63, 3.8) is 0 Å². The van der Waals surface area contributed by atoms with Gasteiger partial charge in [-0.25, -0.2) is 0 Å². The summed E-state index contributed by atoms with van der Waals surface area (Å²) in [6, 6.07) is 0. The molecule has 2 N–H and O–H groups in total. The van der Waals surface area contributed by atoms with Gasteiger partial charge >= 0.3 is 11.9 Å². The molecule has 61 valence electrons. The molecule has 0 rings (SSSR count). The highest BCUT2D eigenvalue weighted by molar-refractivity contribution is 7.86. The smallest absolute Gasteiger partial charge is 0.318 e. The minimum Gasteiger partial charge on any atom is -0.480 e. The molecule has 2 atom stereocenters. The third-order valence-electron chi connectivity index (χ3n) is 0.805. The number of carboxylic acids is 2. The second-order valence-electron chi connectivity index (χ2n) is 1.57. The zero-order chi connectivity index (χ0) is 8.31. The van der Waals surface area contributed by atoms with Crippen LogP contribution in [0.2, 0.25) is 0 Å². The van der Waals surface area contributed by atoms with Crippen molar-refractivity contribution in [2.45, 2.75) is 10.5 Å². The van der Waals surface area contributed by atoms with E-state index in [1.807, 2.05) is 0 Å². The minimum absolute atomic E-state index is 0. The van der Waals surface area contributed by atoms with Crippen molar-refractivity contribution < 1.29 is 19.8 Å². The van der Waals surface area contributed by atoms with E-state index >= 15 is 0 Å². The molecule has 11 heavy (non-hydrogen) atoms. The van der Waals surface area contributed by atoms with E-state index in [4.69, 9.17) is 10.2 Å². The Morgan fingerprint density at radius 3 is 1.27 bits per heavy atom. The summed E-state index contributed by atoms with van der Waals surface area (Å²) in [6.45, 7) is 0. The van der Waals surface area contributed by atoms with Gasteiger partial charge in [0.25, 0.3) is 0 Å². The zero-order valence-corrected chi connectivity index (χ0v) is 7.13. The third-order valence-corrected chi connectivity index (χ3v) is 2.08. The Hall–Kier alpha value is -0.295. The highest BCUT2D eigenvalue weighted by Crippen LogP contribution is 2.08. The fraction of sp³-hybridized carbons (Fsp3) is 0.500. The van der Waals surface area contributed by atoms with E-state index in [9.17, 15) is 9.59 Å². The summed E-state index contributed by atoms with van der Waals surface area (Å²) in [5.41, 5.74) is 0. The van der Waals surface area contributed by atoms with Gasteiger partial charge < -0.3 is 10.2 Å². The quantitative estimate of drug-likeness (QED) is 0.355. The van der Waals surface area contributed by atoms with Crippen LogP contribution in [0.15, 0.2) is 0 Å². The summed E-state index contributed by atoms with van der Waals surface area (Å²) >= 11 is 7.00. The standard InChI is InChI=1S/C4H6O4S2.B/c5-3(6)1(9)2(10)4(7)8;/h1-2,9-10H,(H,5,6)(H,7,8);. The van der Waals surface area contributed by atoms with Crippen molar-refractivity contribution in [1.29, 1.82) is 0 Å². The van der Waals surface area contributed by atoms with Crippen LogP contribution in [0.25, 0.3) is 0 Å². The van der Waals surface area contributed by atoms with Crippen LogP contribution in [0.1, 0.15) is 0 Å². The van der Waals surface area contributed by atoms with E-state index in [-0.39, 0.29) is 8.41 Å². The molecule has 0 aliphatic rings. The maximum atomic E-state index is 10.1. The van der Waals surface area contributed by atoms with E-state index in [1.54, 1.807) is 0 Å². The maximum absolute atomic E-state index is 10.1. The number of thiol groups is 2. The summed E-state index contributed by atoms with van der Waals surface area (Å²) in [7, 11) is 0. The normalized spacial score (nSPS) is 14.4. The molecule has 0 aromatic heterocycles. The second kappa shape index (κ2) is 5.37. The van der Waals surface area contributed by atoms with Gasteiger partial charge in [0, 0.05) is 8.41 Å². The molecule has 0 aromatic carbocycles. The summed E-state index contributed by atoms with van der Waals surface area (Å²) in [5.74, 6) is -2.57. The highest BCUT2D eigenvalue weighted by Gasteiger charge is 2.26. The minimum atomic E-state index is -1.29. The molecule has 3 radical (unpaired) electrons. The molecule has 0 heterocycles. The summed E-state index contributed by atoms with van der Waals surface area (Å²) in [5, 5.41) is 13.9. The molecule has 0 spiro atoms. The van der Waals surface area contributed by atoms with Crippen LogP contribution < -0.4 is 0 Å². The van der Waals surface area contributed by atoms with Gasteiger partial charge in [-0.05, 0) is 0 Å². The van der Waals surface area contributed by atoms with Gasteiger partial charge in [0.05, 0.1) is 0 Å². The fourth-order valence-corrected chi connectivity index (χ4v) is 0.525. The molecule has 0 amide bonds. The van der Waals surface area contributed by atoms with Crippen molar-refractivity contribution in [1.82, 2.24) is 0 Å². The lowest BCUT2D eigenvalue weighted by molar-refractivity contribution is -0.142. The number of carbonyl (C=O) groups is 2. The van der Waals surface area contributed by atoms with Crippen molar-refractivity contribution in [2.75, 3.05) is 0 Å². The van der Waals surface area contributed by atoms with E-state index in [2.05, 4.69) is 25.3 Å². The first-order valence-electron chi connectivity index (χ1n) is 2.28. The van der Waals surface area contributed by atoms with Crippen LogP contribution in [0, 0.1) is 0 Å². The van der Waals surface area contributed by atoms with Crippen molar-refractivity contribution in [2.24, 2.45) is 0 Å². The topological polar surface area (TPSA) is 74.6 Å². The predicted molar refractivity (Wildman–Crippen MR) is 46.6 cm³/mol. The maximum Gasteiger partial charge on any atom is 0.318 e. The first kappa shape index (κ1) is 13.3. The number of rotatable bonds is 3. The predicted octanol–water partition coefficient (Wildman–Crippen LogP) is -0.628. The molecule has 0 fully saturated rings. The monoisotopic (exact) mass is 193 g/mol. The van der Waals surface area contributed by atoms with E-state index in [0.717, 1.165) is 0 Å². The number of carboxylic acid groups (broad SMARTS) is 2. The molecular weight excluding hydrogens is 187 g/mol. The van der Waals surface area contributed by atoms with Gasteiger partial charge in [0.2, 0.25) is 0 Å². The van der Waals surface area contributed by atoms with Gasteiger partial charge in [-0.15, -0.1) is 0 Å². The molecule has 0 saturated heterocycles. The largest absolute Gasteiger partial charge is 0.480 e. The molecule has 4 nitrogen and oxygen atoms in total. The molecule has 0 aliphatic heterocycles. The molecule has 0 saturated carbocycles. The Labute approximate surface area is 76.4 Å². The third kappa shape index (κ3) is 4.21. The summed E-state index contributed by atoms with van der Waals surface area (Å²) in [6.07, 6.45) is 0. The lowest BCUT2D eigenvalue weighted by Crippen LogP contribution is -2.31. The molecule has 0 aromatic rings. The number of aliphatic carboxylic acids is 2. The van der Waals surface area contributed by atoms with E-state index in [0.29, 0.717) is 0 Å². The molecule has 0 bridgehead atoms. The second-order valence-corrected chi connectivity index (χ2v) is 2.68. The average molecular weight is 193 g/mol. The Morgan fingerprint density at radius 2 is 1.18 bits per heavy atom. The lowest BCUT2D eigenvalue weighted by atomic mass is 10.3. The highest BCUT2D eigenvalue weighted by atomic mass is 32.1. The van der Waals surface area contributed by atoms with Crippen LogP contribution in [0.4, 0.5) is 0 Å². The van der Waals surface area contributed by atoms with Crippen molar-refractivity contribution in [3.8, 4) is 0 Å². The average Bonchev–Trinajstić information content (AvgIpc) is 1.84. The van der Waals surface area contributed by atoms with Crippen LogP contribution >= 0.6 is 25.3 Å². The van der Waals surface area contributed by atoms with E-state index < -0.39 is 22.4 Å². The van der Waals surface area contributed by atoms with Gasteiger partial charge in [-0.1, -0.05) is 0 Å². The number of hydrogen-bond donors (Lipinski definition) is 4. The molecular formula is C4H6BO4S2. The SMILES string of the molecule is O=C(O)C(S)C(S)C(=O)O.[B]. The number of hydrogen-bond acceptors (Lipinski definition) is 4. The van der Waals surface area contributed by atoms with Gasteiger partial charge in [-0.2, -0.15) is 25.3 Å². The van der Waals surface area contributed by atoms with Crippen molar-refractivity contribution in [3.05, 3.63) is 0 Å². The van der Waals surface area contributed by atoms with Gasteiger partial charge in [-0.3, -0.25) is 9.59 Å². The fourth-order valence-electron chi connectivity index (χ4n) is 0.270. The Balaban J connectivity index is 0. The van der Waals surface area contributed by atoms with Crippen LogP contribution in [0.3, 0.4) is 0 Å². The Bertz CT molecular complexity index is 144. The molecule has 2 unspecified atom stereocenters. The summed E-state index contributed by atoms with van der Waals surface area (Å²) in [4.78, 5) is 20.1. The van der Waals surface area contributed by atoms with Gasteiger partial charge in [0.15, 0.2) is 0 Å². The van der Waals surface area contributed by atoms with Gasteiger partial charge in [0.1, 0.15) is 10.5 Å². The zero-order valence-electron chi connectivity index (χ0n) is 5.34. The van der Waals surface area contributed by atoms with Crippen LogP contribution in [-0.4, -0.2) is 41.1 Å². The lowest BCUT2D eigenvalue weighted by Gasteiger charge is -2.07.